The van der Waals surface area contributed by atoms with Gasteiger partial charge in [-0.3, -0.25) is 15.2 Å². The lowest BCUT2D eigenvalue weighted by atomic mass is 10.1. The number of para-hydroxylation sites is 2. The fourth-order valence-corrected chi connectivity index (χ4v) is 3.13. The van der Waals surface area contributed by atoms with Gasteiger partial charge in [-0.15, -0.1) is 0 Å². The fourth-order valence-electron chi connectivity index (χ4n) is 3.13. The molecule has 3 aromatic carbocycles. The summed E-state index contributed by atoms with van der Waals surface area (Å²) in [5.41, 5.74) is 4.81. The molecule has 0 fully saturated rings. The van der Waals surface area contributed by atoms with Gasteiger partial charge in [-0.05, 0) is 50.6 Å². The van der Waals surface area contributed by atoms with Crippen LogP contribution in [-0.4, -0.2) is 23.6 Å². The SMILES string of the molecule is CC(C)(C)OC(=O)N[C@@H](Cc1ccccc1)C(=O)NN(c1ccccc1)c1ccccc1. The van der Waals surface area contributed by atoms with E-state index in [1.165, 1.54) is 0 Å². The number of amides is 2. The molecule has 3 aromatic rings. The Bertz CT molecular complexity index is 963. The molecule has 1 atom stereocenters. The summed E-state index contributed by atoms with van der Waals surface area (Å²) < 4.78 is 5.39. The second-order valence-electron chi connectivity index (χ2n) is 8.37. The molecule has 6 heteroatoms. The molecule has 0 unspecified atom stereocenters. The third-order valence-corrected chi connectivity index (χ3v) is 4.54. The van der Waals surface area contributed by atoms with Gasteiger partial charge in [0.25, 0.3) is 5.91 Å². The van der Waals surface area contributed by atoms with Crippen LogP contribution in [-0.2, 0) is 16.0 Å². The number of nitrogens with zero attached hydrogens (tertiary/aromatic N) is 1. The summed E-state index contributed by atoms with van der Waals surface area (Å²) in [7, 11) is 0. The van der Waals surface area contributed by atoms with Crippen LogP contribution in [0.5, 0.6) is 0 Å². The largest absolute Gasteiger partial charge is 0.444 e. The third-order valence-electron chi connectivity index (χ3n) is 4.54. The minimum absolute atomic E-state index is 0.323. The average molecular weight is 432 g/mol. The summed E-state index contributed by atoms with van der Waals surface area (Å²) in [6, 6.07) is 27.8. The van der Waals surface area contributed by atoms with Gasteiger partial charge >= 0.3 is 6.09 Å². The van der Waals surface area contributed by atoms with Crippen molar-refractivity contribution in [2.75, 3.05) is 5.01 Å². The van der Waals surface area contributed by atoms with Crippen LogP contribution in [0.1, 0.15) is 26.3 Å². The normalized spacial score (nSPS) is 11.8. The summed E-state index contributed by atoms with van der Waals surface area (Å²) in [6.45, 7) is 5.35. The molecule has 2 N–H and O–H groups in total. The molecular weight excluding hydrogens is 402 g/mol. The van der Waals surface area contributed by atoms with E-state index in [1.807, 2.05) is 91.0 Å². The lowest BCUT2D eigenvalue weighted by molar-refractivity contribution is -0.123. The van der Waals surface area contributed by atoms with E-state index < -0.39 is 17.7 Å². The summed E-state index contributed by atoms with van der Waals surface area (Å²) >= 11 is 0. The van der Waals surface area contributed by atoms with E-state index in [1.54, 1.807) is 25.8 Å². The topological polar surface area (TPSA) is 70.7 Å². The van der Waals surface area contributed by atoms with Gasteiger partial charge in [0.2, 0.25) is 0 Å². The van der Waals surface area contributed by atoms with Gasteiger partial charge in [0.05, 0.1) is 11.4 Å². The zero-order valence-electron chi connectivity index (χ0n) is 18.6. The second kappa shape index (κ2) is 10.5. The Morgan fingerprint density at radius 2 is 1.28 bits per heavy atom. The molecule has 0 aromatic heterocycles. The minimum atomic E-state index is -0.831. The number of carbonyl (C=O) groups is 2. The summed E-state index contributed by atoms with van der Waals surface area (Å²) in [4.78, 5) is 25.8. The van der Waals surface area contributed by atoms with Crippen molar-refractivity contribution >= 4 is 23.4 Å². The Morgan fingerprint density at radius 1 is 0.812 bits per heavy atom. The number of anilines is 2. The lowest BCUT2D eigenvalue weighted by Gasteiger charge is -2.29. The highest BCUT2D eigenvalue weighted by molar-refractivity contribution is 5.88. The number of nitrogens with one attached hydrogen (secondary N) is 2. The second-order valence-corrected chi connectivity index (χ2v) is 8.37. The van der Waals surface area contributed by atoms with Gasteiger partial charge in [-0.2, -0.15) is 0 Å². The molecule has 0 spiro atoms. The maximum Gasteiger partial charge on any atom is 0.408 e. The Balaban J connectivity index is 1.85. The number of hydrogen-bond donors (Lipinski definition) is 2. The Kier molecular flexibility index (Phi) is 7.49. The van der Waals surface area contributed by atoms with Crippen molar-refractivity contribution in [3.63, 3.8) is 0 Å². The summed E-state index contributed by atoms with van der Waals surface area (Å²) in [5, 5.41) is 4.44. The Hall–Kier alpha value is -3.80. The van der Waals surface area contributed by atoms with Gasteiger partial charge in [0, 0.05) is 6.42 Å². The maximum atomic E-state index is 13.4. The molecular formula is C26H29N3O3. The van der Waals surface area contributed by atoms with Crippen molar-refractivity contribution in [1.29, 1.82) is 0 Å². The summed E-state index contributed by atoms with van der Waals surface area (Å²) in [6.07, 6.45) is -0.317. The van der Waals surface area contributed by atoms with E-state index in [0.29, 0.717) is 6.42 Å². The molecule has 166 valence electrons. The van der Waals surface area contributed by atoms with E-state index in [-0.39, 0.29) is 5.91 Å². The predicted molar refractivity (Wildman–Crippen MR) is 126 cm³/mol. The van der Waals surface area contributed by atoms with E-state index in [4.69, 9.17) is 4.74 Å². The molecule has 32 heavy (non-hydrogen) atoms. The zero-order valence-corrected chi connectivity index (χ0v) is 18.6. The van der Waals surface area contributed by atoms with E-state index in [0.717, 1.165) is 16.9 Å². The molecule has 2 amide bonds. The van der Waals surface area contributed by atoms with Crippen molar-refractivity contribution in [3.05, 3.63) is 96.6 Å². The van der Waals surface area contributed by atoms with Crippen LogP contribution in [0.25, 0.3) is 0 Å². The number of hydrogen-bond acceptors (Lipinski definition) is 4. The van der Waals surface area contributed by atoms with E-state index >= 15 is 0 Å². The Labute approximate surface area is 189 Å². The van der Waals surface area contributed by atoms with Crippen molar-refractivity contribution in [2.45, 2.75) is 38.8 Å². The first-order chi connectivity index (χ1) is 15.3. The highest BCUT2D eigenvalue weighted by Crippen LogP contribution is 2.22. The van der Waals surface area contributed by atoms with Crippen LogP contribution in [0.2, 0.25) is 0 Å². The standard InChI is InChI=1S/C26H29N3O3/c1-26(2,3)32-25(31)27-23(19-20-13-7-4-8-14-20)24(30)28-29(21-15-9-5-10-16-21)22-17-11-6-12-18-22/h4-18,23H,19H2,1-3H3,(H,27,31)(H,28,30)/t23-/m0/s1. The molecule has 0 aliphatic rings. The van der Waals surface area contributed by atoms with E-state index in [2.05, 4.69) is 10.7 Å². The van der Waals surface area contributed by atoms with Gasteiger partial charge in [0.1, 0.15) is 11.6 Å². The van der Waals surface area contributed by atoms with Crippen molar-refractivity contribution in [1.82, 2.24) is 10.7 Å². The highest BCUT2D eigenvalue weighted by Gasteiger charge is 2.26. The highest BCUT2D eigenvalue weighted by atomic mass is 16.6. The quantitative estimate of drug-likeness (QED) is 0.517. The predicted octanol–water partition coefficient (Wildman–Crippen LogP) is 4.99. The van der Waals surface area contributed by atoms with Crippen molar-refractivity contribution in [2.24, 2.45) is 0 Å². The van der Waals surface area contributed by atoms with E-state index in [9.17, 15) is 9.59 Å². The molecule has 0 bridgehead atoms. The molecule has 0 aliphatic carbocycles. The van der Waals surface area contributed by atoms with Crippen molar-refractivity contribution in [3.8, 4) is 0 Å². The maximum absolute atomic E-state index is 13.4. The van der Waals surface area contributed by atoms with Gasteiger partial charge in [0.15, 0.2) is 0 Å². The van der Waals surface area contributed by atoms with Gasteiger partial charge in [-0.1, -0.05) is 66.7 Å². The monoisotopic (exact) mass is 431 g/mol. The number of rotatable bonds is 7. The first-order valence-electron chi connectivity index (χ1n) is 10.6. The smallest absolute Gasteiger partial charge is 0.408 e. The number of hydrazine groups is 1. The van der Waals surface area contributed by atoms with Crippen LogP contribution in [0.4, 0.5) is 16.2 Å². The molecule has 0 aliphatic heterocycles. The van der Waals surface area contributed by atoms with Gasteiger partial charge < -0.3 is 10.1 Å². The van der Waals surface area contributed by atoms with Crippen LogP contribution in [0.3, 0.4) is 0 Å². The molecule has 0 saturated carbocycles. The first kappa shape index (κ1) is 22.9. The van der Waals surface area contributed by atoms with Crippen molar-refractivity contribution < 1.29 is 14.3 Å². The number of alkyl carbamates (subject to hydrolysis) is 1. The third kappa shape index (κ3) is 6.87. The molecule has 0 saturated heterocycles. The van der Waals surface area contributed by atoms with Gasteiger partial charge in [-0.25, -0.2) is 4.79 Å². The number of benzene rings is 3. The van der Waals surface area contributed by atoms with Crippen LogP contribution in [0, 0.1) is 0 Å². The Morgan fingerprint density at radius 3 is 1.75 bits per heavy atom. The zero-order chi connectivity index (χ0) is 23.0. The molecule has 3 rings (SSSR count). The number of ether oxygens (including phenoxy) is 1. The minimum Gasteiger partial charge on any atom is -0.444 e. The fraction of sp³-hybridized carbons (Fsp3) is 0.231. The van der Waals surface area contributed by atoms with Crippen LogP contribution < -0.4 is 15.8 Å². The van der Waals surface area contributed by atoms with Crippen LogP contribution in [0.15, 0.2) is 91.0 Å². The molecule has 6 nitrogen and oxygen atoms in total. The first-order valence-corrected chi connectivity index (χ1v) is 10.6. The summed E-state index contributed by atoms with van der Waals surface area (Å²) in [5.74, 6) is -0.354. The molecule has 0 heterocycles. The lowest BCUT2D eigenvalue weighted by Crippen LogP contribution is -2.53. The molecule has 0 radical (unpaired) electrons. The average Bonchev–Trinajstić information content (AvgIpc) is 2.77. The van der Waals surface area contributed by atoms with Crippen LogP contribution >= 0.6 is 0 Å². The number of carbonyl (C=O) groups excluding carboxylic acids is 2.